The highest BCUT2D eigenvalue weighted by Crippen LogP contribution is 2.19. The van der Waals surface area contributed by atoms with Gasteiger partial charge in [0.25, 0.3) is 17.1 Å². The Labute approximate surface area is 191 Å². The molecule has 0 unspecified atom stereocenters. The molecule has 34 heavy (non-hydrogen) atoms. The molecule has 0 aliphatic rings. The summed E-state index contributed by atoms with van der Waals surface area (Å²) in [6.07, 6.45) is -1.41. The molecule has 0 amide bonds. The summed E-state index contributed by atoms with van der Waals surface area (Å²) in [6.45, 7) is -0.219. The number of carbonyl (C=O) groups excluding carboxylic acids is 1. The molecule has 12 heteroatoms. The van der Waals surface area contributed by atoms with E-state index in [1.54, 1.807) is 0 Å². The van der Waals surface area contributed by atoms with Crippen LogP contribution in [0.25, 0.3) is 0 Å². The molecule has 3 aromatic carbocycles. The third-order valence-electron chi connectivity index (χ3n) is 4.67. The zero-order chi connectivity index (χ0) is 24.7. The number of rotatable bonds is 11. The Hall–Kier alpha value is -4.55. The normalized spacial score (nSPS) is 10.7. The fourth-order valence-corrected chi connectivity index (χ4v) is 2.85. The smallest absolute Gasteiger partial charge is 0.269 e. The second kappa shape index (κ2) is 10.8. The largest absolute Gasteiger partial charge is 0.341 e. The second-order valence-electron chi connectivity index (χ2n) is 6.97. The number of nitro benzene ring substituents is 3. The Balaban J connectivity index is 1.75. The van der Waals surface area contributed by atoms with Gasteiger partial charge in [0.15, 0.2) is 0 Å². The van der Waals surface area contributed by atoms with Crippen LogP contribution < -0.4 is 0 Å². The maximum absolute atomic E-state index is 13.0. The van der Waals surface area contributed by atoms with Gasteiger partial charge in [-0.15, -0.1) is 0 Å². The molecule has 174 valence electrons. The van der Waals surface area contributed by atoms with Gasteiger partial charge in [-0.2, -0.15) is 0 Å². The summed E-state index contributed by atoms with van der Waals surface area (Å²) >= 11 is 0. The molecule has 0 atom stereocenters. The number of hydrogen-bond acceptors (Lipinski definition) is 9. The lowest BCUT2D eigenvalue weighted by atomic mass is 10.1. The van der Waals surface area contributed by atoms with Crippen LogP contribution in [-0.4, -0.2) is 26.8 Å². The van der Waals surface area contributed by atoms with E-state index in [4.69, 9.17) is 9.47 Å². The molecule has 0 fully saturated rings. The van der Waals surface area contributed by atoms with Crippen LogP contribution in [0.5, 0.6) is 0 Å². The topological polar surface area (TPSA) is 165 Å². The fraction of sp³-hybridized carbons (Fsp3) is 0.136. The molecule has 0 radical (unpaired) electrons. The van der Waals surface area contributed by atoms with Crippen LogP contribution in [0, 0.1) is 30.3 Å². The first kappa shape index (κ1) is 24.1. The molecule has 12 nitrogen and oxygen atoms in total. The van der Waals surface area contributed by atoms with Crippen LogP contribution in [0.15, 0.2) is 72.8 Å². The van der Waals surface area contributed by atoms with E-state index < -0.39 is 26.8 Å². The van der Waals surface area contributed by atoms with Gasteiger partial charge < -0.3 is 9.47 Å². The molecule has 0 spiro atoms. The predicted molar refractivity (Wildman–Crippen MR) is 117 cm³/mol. The van der Waals surface area contributed by atoms with Crippen LogP contribution in [0.1, 0.15) is 21.5 Å². The highest BCUT2D eigenvalue weighted by molar-refractivity contribution is 5.98. The van der Waals surface area contributed by atoms with Crippen LogP contribution >= 0.6 is 0 Å². The van der Waals surface area contributed by atoms with E-state index in [0.29, 0.717) is 11.1 Å². The zero-order valence-corrected chi connectivity index (χ0v) is 17.4. The van der Waals surface area contributed by atoms with Gasteiger partial charge in [0.05, 0.1) is 28.0 Å². The highest BCUT2D eigenvalue weighted by atomic mass is 16.7. The maximum Gasteiger partial charge on any atom is 0.269 e. The zero-order valence-electron chi connectivity index (χ0n) is 17.4. The fourth-order valence-electron chi connectivity index (χ4n) is 2.85. The van der Waals surface area contributed by atoms with E-state index in [9.17, 15) is 35.1 Å². The van der Waals surface area contributed by atoms with Gasteiger partial charge in [-0.05, 0) is 47.5 Å². The Bertz CT molecular complexity index is 1130. The number of ketones is 1. The Morgan fingerprint density at radius 1 is 0.618 bits per heavy atom. The highest BCUT2D eigenvalue weighted by Gasteiger charge is 2.23. The van der Waals surface area contributed by atoms with E-state index in [2.05, 4.69) is 0 Å². The average Bonchev–Trinajstić information content (AvgIpc) is 2.84. The molecule has 3 rings (SSSR count). The molecular weight excluding hydrogens is 450 g/mol. The number of hydrogen-bond donors (Lipinski definition) is 0. The van der Waals surface area contributed by atoms with Crippen molar-refractivity contribution in [3.05, 3.63) is 120 Å². The minimum absolute atomic E-state index is 0.100. The van der Waals surface area contributed by atoms with E-state index >= 15 is 0 Å². The molecule has 0 aliphatic carbocycles. The Morgan fingerprint density at radius 3 is 1.26 bits per heavy atom. The number of ether oxygens (including phenoxy) is 2. The van der Waals surface area contributed by atoms with Gasteiger partial charge in [0.2, 0.25) is 12.1 Å². The molecule has 0 aliphatic heterocycles. The van der Waals surface area contributed by atoms with Gasteiger partial charge in [0, 0.05) is 42.0 Å². The van der Waals surface area contributed by atoms with Crippen LogP contribution in [0.3, 0.4) is 0 Å². The monoisotopic (exact) mass is 467 g/mol. The summed E-state index contributed by atoms with van der Waals surface area (Å²) in [6, 6.07) is 16.0. The van der Waals surface area contributed by atoms with Crippen molar-refractivity contribution in [2.24, 2.45) is 0 Å². The molecule has 0 saturated heterocycles. The van der Waals surface area contributed by atoms with Crippen molar-refractivity contribution in [1.82, 2.24) is 0 Å². The number of nitro groups is 3. The molecular formula is C22H17N3O9. The van der Waals surface area contributed by atoms with Crippen LogP contribution in [0.4, 0.5) is 17.1 Å². The molecule has 0 heterocycles. The Kier molecular flexibility index (Phi) is 7.69. The van der Waals surface area contributed by atoms with Crippen molar-refractivity contribution in [1.29, 1.82) is 0 Å². The third-order valence-corrected chi connectivity index (χ3v) is 4.67. The van der Waals surface area contributed by atoms with Crippen LogP contribution in [0.2, 0.25) is 0 Å². The molecule has 3 aromatic rings. The predicted octanol–water partition coefficient (Wildman–Crippen LogP) is 4.35. The number of nitrogens with zero attached hydrogens (tertiary/aromatic N) is 3. The van der Waals surface area contributed by atoms with E-state index in [1.807, 2.05) is 0 Å². The van der Waals surface area contributed by atoms with Crippen molar-refractivity contribution in [2.45, 2.75) is 19.5 Å². The first-order valence-electron chi connectivity index (χ1n) is 9.73. The molecule has 0 aromatic heterocycles. The number of non-ortho nitro benzene ring substituents is 3. The summed E-state index contributed by atoms with van der Waals surface area (Å²) in [5, 5.41) is 32.5. The van der Waals surface area contributed by atoms with E-state index in [1.165, 1.54) is 72.8 Å². The first-order chi connectivity index (χ1) is 16.2. The minimum atomic E-state index is -1.41. The summed E-state index contributed by atoms with van der Waals surface area (Å²) in [4.78, 5) is 43.7. The minimum Gasteiger partial charge on any atom is -0.341 e. The third kappa shape index (κ3) is 6.25. The second-order valence-corrected chi connectivity index (χ2v) is 6.97. The van der Waals surface area contributed by atoms with Crippen molar-refractivity contribution in [3.63, 3.8) is 0 Å². The van der Waals surface area contributed by atoms with E-state index in [0.717, 1.165) is 0 Å². The number of benzene rings is 3. The van der Waals surface area contributed by atoms with Crippen molar-refractivity contribution < 1.29 is 29.0 Å². The SMILES string of the molecule is O=C(c1ccc([N+](=O)[O-])cc1)C(OCc1ccc([N+](=O)[O-])cc1)OCc1ccc([N+](=O)[O-])cc1. The van der Waals surface area contributed by atoms with Crippen molar-refractivity contribution >= 4 is 22.8 Å². The average molecular weight is 467 g/mol. The molecule has 0 bridgehead atoms. The lowest BCUT2D eigenvalue weighted by Crippen LogP contribution is -2.27. The Morgan fingerprint density at radius 2 is 0.941 bits per heavy atom. The van der Waals surface area contributed by atoms with Gasteiger partial charge in [0.1, 0.15) is 0 Å². The van der Waals surface area contributed by atoms with E-state index in [-0.39, 0.29) is 35.8 Å². The number of carbonyl (C=O) groups is 1. The number of Topliss-reactive ketones (excluding diaryl/α,β-unsaturated/α-hetero) is 1. The van der Waals surface area contributed by atoms with Gasteiger partial charge in [-0.1, -0.05) is 0 Å². The summed E-state index contributed by atoms with van der Waals surface area (Å²) in [5.74, 6) is -0.598. The van der Waals surface area contributed by atoms with Crippen LogP contribution in [-0.2, 0) is 22.7 Å². The van der Waals surface area contributed by atoms with Gasteiger partial charge >= 0.3 is 0 Å². The lowest BCUT2D eigenvalue weighted by Gasteiger charge is -2.18. The first-order valence-corrected chi connectivity index (χ1v) is 9.73. The van der Waals surface area contributed by atoms with Crippen molar-refractivity contribution in [2.75, 3.05) is 0 Å². The van der Waals surface area contributed by atoms with Gasteiger partial charge in [-0.25, -0.2) is 0 Å². The van der Waals surface area contributed by atoms with Gasteiger partial charge in [-0.3, -0.25) is 35.1 Å². The lowest BCUT2D eigenvalue weighted by molar-refractivity contribution is -0.385. The summed E-state index contributed by atoms with van der Waals surface area (Å²) < 4.78 is 11.2. The van der Waals surface area contributed by atoms with Crippen molar-refractivity contribution in [3.8, 4) is 0 Å². The summed E-state index contributed by atoms with van der Waals surface area (Å²) in [5.41, 5.74) is 0.820. The standard InChI is InChI=1S/C22H17N3O9/c26-21(17-5-11-20(12-6-17)25(31)32)22(33-13-15-1-7-18(8-2-15)23(27)28)34-14-16-3-9-19(10-4-16)24(29)30/h1-12,22H,13-14H2. The summed E-state index contributed by atoms with van der Waals surface area (Å²) in [7, 11) is 0. The molecule has 0 N–H and O–H groups in total. The quantitative estimate of drug-likeness (QED) is 0.172. The maximum atomic E-state index is 13.0. The molecule has 0 saturated carbocycles.